The van der Waals surface area contributed by atoms with E-state index >= 15 is 0 Å². The summed E-state index contributed by atoms with van der Waals surface area (Å²) in [6.07, 6.45) is 9.07. The number of carbonyl (C=O) groups excluding carboxylic acids is 1. The molecule has 3 rings (SSSR count). The molecule has 1 atom stereocenters. The van der Waals surface area contributed by atoms with E-state index in [1.807, 2.05) is 30.3 Å². The number of rotatable bonds is 6. The van der Waals surface area contributed by atoms with Gasteiger partial charge >= 0.3 is 0 Å². The molecule has 1 heterocycles. The normalized spacial score (nSPS) is 22.3. The molecule has 1 amide bonds. The molecule has 2 fully saturated rings. The van der Waals surface area contributed by atoms with Crippen LogP contribution < -0.4 is 5.32 Å². The molecule has 0 bridgehead atoms. The number of nitrogens with one attached hydrogen (secondary N) is 1. The van der Waals surface area contributed by atoms with E-state index in [0.29, 0.717) is 6.54 Å². The molecule has 138 valence electrons. The molecule has 1 aliphatic carbocycles. The van der Waals surface area contributed by atoms with Gasteiger partial charge in [0.2, 0.25) is 0 Å². The SMILES string of the molecule is O=C(NCCN1CCCCC1)C(O)(c1ccccc1)C1CCCCC1. The highest BCUT2D eigenvalue weighted by Gasteiger charge is 2.45. The fraction of sp³-hybridized carbons (Fsp3) is 0.667. The minimum Gasteiger partial charge on any atom is -0.375 e. The molecule has 0 spiro atoms. The summed E-state index contributed by atoms with van der Waals surface area (Å²) in [6, 6.07) is 9.52. The Hall–Kier alpha value is -1.39. The highest BCUT2D eigenvalue weighted by molar-refractivity contribution is 5.86. The first-order chi connectivity index (χ1) is 12.2. The number of nitrogens with zero attached hydrogens (tertiary/aromatic N) is 1. The fourth-order valence-corrected chi connectivity index (χ4v) is 4.41. The van der Waals surface area contributed by atoms with Crippen LogP contribution >= 0.6 is 0 Å². The summed E-state index contributed by atoms with van der Waals surface area (Å²) >= 11 is 0. The van der Waals surface area contributed by atoms with Crippen molar-refractivity contribution in [1.29, 1.82) is 0 Å². The molecule has 1 unspecified atom stereocenters. The Kier molecular flexibility index (Phi) is 6.49. The Balaban J connectivity index is 1.66. The maximum atomic E-state index is 13.0. The molecule has 1 aromatic rings. The molecule has 1 aromatic carbocycles. The lowest BCUT2D eigenvalue weighted by Gasteiger charge is -2.38. The van der Waals surface area contributed by atoms with Gasteiger partial charge in [0.15, 0.2) is 5.60 Å². The van der Waals surface area contributed by atoms with Crippen molar-refractivity contribution < 1.29 is 9.90 Å². The third-order valence-corrected chi connectivity index (χ3v) is 5.92. The van der Waals surface area contributed by atoms with Crippen LogP contribution in [0.3, 0.4) is 0 Å². The first-order valence-electron chi connectivity index (χ1n) is 10.00. The van der Waals surface area contributed by atoms with Gasteiger partial charge in [-0.2, -0.15) is 0 Å². The van der Waals surface area contributed by atoms with Crippen molar-refractivity contribution >= 4 is 5.91 Å². The average Bonchev–Trinajstić information content (AvgIpc) is 2.69. The number of benzene rings is 1. The van der Waals surface area contributed by atoms with E-state index in [9.17, 15) is 9.90 Å². The first-order valence-corrected chi connectivity index (χ1v) is 10.00. The van der Waals surface area contributed by atoms with Gasteiger partial charge in [-0.3, -0.25) is 4.79 Å². The molecule has 1 saturated carbocycles. The van der Waals surface area contributed by atoms with E-state index in [1.165, 1.54) is 25.7 Å². The molecule has 0 aromatic heterocycles. The minimum absolute atomic E-state index is 0.0126. The van der Waals surface area contributed by atoms with Crippen molar-refractivity contribution in [3.05, 3.63) is 35.9 Å². The standard InChI is InChI=1S/C21H32N2O2/c24-20(22-14-17-23-15-8-3-9-16-23)21(25,18-10-4-1-5-11-18)19-12-6-2-7-13-19/h1,4-5,10-11,19,25H,2-3,6-9,12-17H2,(H,22,24). The Morgan fingerprint density at radius 3 is 2.36 bits per heavy atom. The van der Waals surface area contributed by atoms with E-state index < -0.39 is 5.60 Å². The van der Waals surface area contributed by atoms with Crippen LogP contribution in [0.15, 0.2) is 30.3 Å². The summed E-state index contributed by atoms with van der Waals surface area (Å²) in [6.45, 7) is 3.74. The lowest BCUT2D eigenvalue weighted by atomic mass is 9.73. The van der Waals surface area contributed by atoms with Crippen molar-refractivity contribution in [3.63, 3.8) is 0 Å². The van der Waals surface area contributed by atoms with Crippen molar-refractivity contribution in [2.45, 2.75) is 57.0 Å². The molecule has 4 heteroatoms. The van der Waals surface area contributed by atoms with E-state index in [2.05, 4.69) is 10.2 Å². The Morgan fingerprint density at radius 1 is 1.04 bits per heavy atom. The number of amides is 1. The van der Waals surface area contributed by atoms with Gasteiger partial charge in [-0.25, -0.2) is 0 Å². The fourth-order valence-electron chi connectivity index (χ4n) is 4.41. The number of piperidine rings is 1. The number of hydrogen-bond acceptors (Lipinski definition) is 3. The zero-order valence-electron chi connectivity index (χ0n) is 15.3. The zero-order valence-corrected chi connectivity index (χ0v) is 15.3. The molecule has 2 N–H and O–H groups in total. The van der Waals surface area contributed by atoms with Gasteiger partial charge in [-0.05, 0) is 44.3 Å². The molecular weight excluding hydrogens is 312 g/mol. The number of hydrogen-bond donors (Lipinski definition) is 2. The Morgan fingerprint density at radius 2 is 1.68 bits per heavy atom. The second kappa shape index (κ2) is 8.81. The van der Waals surface area contributed by atoms with Crippen LogP contribution in [0.1, 0.15) is 56.9 Å². The van der Waals surface area contributed by atoms with Crippen LogP contribution in [-0.2, 0) is 10.4 Å². The van der Waals surface area contributed by atoms with Crippen LogP contribution in [0.5, 0.6) is 0 Å². The van der Waals surface area contributed by atoms with Gasteiger partial charge in [0, 0.05) is 19.0 Å². The smallest absolute Gasteiger partial charge is 0.256 e. The summed E-state index contributed by atoms with van der Waals surface area (Å²) in [5.41, 5.74) is -0.666. The highest BCUT2D eigenvalue weighted by atomic mass is 16.3. The van der Waals surface area contributed by atoms with Crippen LogP contribution in [0, 0.1) is 5.92 Å². The maximum Gasteiger partial charge on any atom is 0.256 e. The van der Waals surface area contributed by atoms with Gasteiger partial charge in [0.1, 0.15) is 0 Å². The summed E-state index contributed by atoms with van der Waals surface area (Å²) in [5, 5.41) is 14.5. The lowest BCUT2D eigenvalue weighted by molar-refractivity contribution is -0.149. The van der Waals surface area contributed by atoms with Gasteiger partial charge < -0.3 is 15.3 Å². The maximum absolute atomic E-state index is 13.0. The Labute approximate surface area is 151 Å². The molecule has 2 aliphatic rings. The summed E-state index contributed by atoms with van der Waals surface area (Å²) in [4.78, 5) is 15.4. The molecule has 1 aliphatic heterocycles. The number of likely N-dealkylation sites (tertiary alicyclic amines) is 1. The van der Waals surface area contributed by atoms with Crippen LogP contribution in [0.2, 0.25) is 0 Å². The minimum atomic E-state index is -1.40. The van der Waals surface area contributed by atoms with E-state index in [-0.39, 0.29) is 11.8 Å². The Bertz CT molecular complexity index is 536. The molecular formula is C21H32N2O2. The summed E-state index contributed by atoms with van der Waals surface area (Å²) in [7, 11) is 0. The van der Waals surface area contributed by atoms with Gasteiger partial charge in [-0.15, -0.1) is 0 Å². The van der Waals surface area contributed by atoms with E-state index in [1.54, 1.807) is 0 Å². The van der Waals surface area contributed by atoms with E-state index in [4.69, 9.17) is 0 Å². The van der Waals surface area contributed by atoms with Crippen LogP contribution in [0.4, 0.5) is 0 Å². The lowest BCUT2D eigenvalue weighted by Crippen LogP contribution is -2.51. The molecule has 25 heavy (non-hydrogen) atoms. The topological polar surface area (TPSA) is 52.6 Å². The first kappa shape index (κ1) is 18.4. The largest absolute Gasteiger partial charge is 0.375 e. The van der Waals surface area contributed by atoms with Gasteiger partial charge in [0.05, 0.1) is 0 Å². The predicted octanol–water partition coefficient (Wildman–Crippen LogP) is 3.06. The summed E-state index contributed by atoms with van der Waals surface area (Å²) < 4.78 is 0. The quantitative estimate of drug-likeness (QED) is 0.834. The van der Waals surface area contributed by atoms with Crippen molar-refractivity contribution in [1.82, 2.24) is 10.2 Å². The monoisotopic (exact) mass is 344 g/mol. The van der Waals surface area contributed by atoms with Crippen molar-refractivity contribution in [2.75, 3.05) is 26.2 Å². The van der Waals surface area contributed by atoms with E-state index in [0.717, 1.165) is 50.9 Å². The van der Waals surface area contributed by atoms with Crippen molar-refractivity contribution in [3.8, 4) is 0 Å². The second-order valence-electron chi connectivity index (χ2n) is 7.63. The highest BCUT2D eigenvalue weighted by Crippen LogP contribution is 2.39. The van der Waals surface area contributed by atoms with Crippen LogP contribution in [-0.4, -0.2) is 42.1 Å². The van der Waals surface area contributed by atoms with Crippen molar-refractivity contribution in [2.24, 2.45) is 5.92 Å². The number of aliphatic hydroxyl groups is 1. The molecule has 0 radical (unpaired) electrons. The predicted molar refractivity (Wildman–Crippen MR) is 100 cm³/mol. The second-order valence-corrected chi connectivity index (χ2v) is 7.63. The van der Waals surface area contributed by atoms with Gasteiger partial charge in [-0.1, -0.05) is 56.0 Å². The molecule has 1 saturated heterocycles. The number of carbonyl (C=O) groups is 1. The third kappa shape index (κ3) is 4.42. The zero-order chi connectivity index (χ0) is 17.5. The third-order valence-electron chi connectivity index (χ3n) is 5.92. The average molecular weight is 344 g/mol. The summed E-state index contributed by atoms with van der Waals surface area (Å²) in [5.74, 6) is -0.207. The van der Waals surface area contributed by atoms with Crippen LogP contribution in [0.25, 0.3) is 0 Å². The molecule has 4 nitrogen and oxygen atoms in total. The van der Waals surface area contributed by atoms with Gasteiger partial charge in [0.25, 0.3) is 5.91 Å².